The zero-order chi connectivity index (χ0) is 26.8. The Morgan fingerprint density at radius 3 is 2.08 bits per heavy atom. The number of hydrogen-bond acceptors (Lipinski definition) is 6. The Bertz CT molecular complexity index is 1160. The number of carboxylic acid groups (broad SMARTS) is 1. The van der Waals surface area contributed by atoms with Gasteiger partial charge < -0.3 is 28.5 Å². The van der Waals surface area contributed by atoms with Crippen molar-refractivity contribution in [1.29, 1.82) is 0 Å². The molecule has 0 saturated heterocycles. The number of benzene rings is 2. The number of aliphatic carboxylic acids is 1. The van der Waals surface area contributed by atoms with Crippen molar-refractivity contribution in [2.24, 2.45) is 5.92 Å². The second-order valence-electron chi connectivity index (χ2n) is 10.5. The number of carboxylic acids is 1. The smallest absolute Gasteiger partial charge is 0.310 e. The average molecular weight is 515 g/mol. The molecular formula is C28H38O7Si. The molecule has 7 nitrogen and oxygen atoms in total. The molecule has 196 valence electrons. The van der Waals surface area contributed by atoms with Crippen molar-refractivity contribution in [3.05, 3.63) is 47.0 Å². The summed E-state index contributed by atoms with van der Waals surface area (Å²) in [5.41, 5.74) is 3.33. The maximum absolute atomic E-state index is 12.1. The highest BCUT2D eigenvalue weighted by atomic mass is 28.4. The third kappa shape index (κ3) is 5.19. The molecule has 36 heavy (non-hydrogen) atoms. The molecule has 1 N–H and O–H groups in total. The molecule has 2 aromatic rings. The van der Waals surface area contributed by atoms with Gasteiger partial charge in [0.1, 0.15) is 5.75 Å². The Labute approximate surface area is 215 Å². The zero-order valence-corrected chi connectivity index (χ0v) is 23.8. The van der Waals surface area contributed by atoms with E-state index < -0.39 is 20.2 Å². The molecule has 0 saturated carbocycles. The van der Waals surface area contributed by atoms with Gasteiger partial charge in [-0.15, -0.1) is 0 Å². The molecule has 2 aromatic carbocycles. The second kappa shape index (κ2) is 10.5. The fraction of sp³-hybridized carbons (Fsp3) is 0.464. The van der Waals surface area contributed by atoms with Gasteiger partial charge in [0.15, 0.2) is 17.2 Å². The minimum atomic E-state index is -2.17. The number of fused-ring (bicyclic) bond motifs is 1. The second-order valence-corrected chi connectivity index (χ2v) is 15.2. The third-order valence-electron chi connectivity index (χ3n) is 7.26. The van der Waals surface area contributed by atoms with Crippen molar-refractivity contribution in [1.82, 2.24) is 0 Å². The lowest BCUT2D eigenvalue weighted by Crippen LogP contribution is -2.43. The van der Waals surface area contributed by atoms with Crippen LogP contribution in [0, 0.1) is 5.92 Å². The summed E-state index contributed by atoms with van der Waals surface area (Å²) in [6.45, 7) is 10.9. The van der Waals surface area contributed by atoms with Crippen molar-refractivity contribution < 1.29 is 33.3 Å². The maximum Gasteiger partial charge on any atom is 0.310 e. The predicted molar refractivity (Wildman–Crippen MR) is 143 cm³/mol. The summed E-state index contributed by atoms with van der Waals surface area (Å²) in [5, 5.41) is 9.94. The number of methoxy groups -OCH3 is 4. The number of ether oxygens (including phenoxy) is 4. The van der Waals surface area contributed by atoms with Gasteiger partial charge in [0.25, 0.3) is 8.32 Å². The van der Waals surface area contributed by atoms with Gasteiger partial charge in [-0.3, -0.25) is 4.79 Å². The zero-order valence-electron chi connectivity index (χ0n) is 22.8. The Hall–Kier alpha value is -3.13. The third-order valence-corrected chi connectivity index (χ3v) is 11.6. The molecule has 3 rings (SSSR count). The molecule has 1 aliphatic rings. The van der Waals surface area contributed by atoms with E-state index in [4.69, 9.17) is 23.4 Å². The van der Waals surface area contributed by atoms with Crippen molar-refractivity contribution in [2.45, 2.75) is 51.7 Å². The lowest BCUT2D eigenvalue weighted by Gasteiger charge is -2.37. The Morgan fingerprint density at radius 2 is 1.56 bits per heavy atom. The van der Waals surface area contributed by atoms with Crippen molar-refractivity contribution in [3.63, 3.8) is 0 Å². The highest BCUT2D eigenvalue weighted by Crippen LogP contribution is 2.48. The van der Waals surface area contributed by atoms with Crippen LogP contribution in [0.3, 0.4) is 0 Å². The van der Waals surface area contributed by atoms with E-state index in [1.165, 1.54) is 0 Å². The van der Waals surface area contributed by atoms with Crippen LogP contribution in [-0.4, -0.2) is 47.8 Å². The number of rotatable bonds is 8. The van der Waals surface area contributed by atoms with Gasteiger partial charge in [-0.1, -0.05) is 32.9 Å². The molecule has 0 radical (unpaired) electrons. The molecule has 0 bridgehead atoms. The van der Waals surface area contributed by atoms with E-state index in [1.54, 1.807) is 28.4 Å². The molecule has 1 aliphatic carbocycles. The summed E-state index contributed by atoms with van der Waals surface area (Å²) < 4.78 is 29.2. The molecule has 1 unspecified atom stereocenters. The predicted octanol–water partition coefficient (Wildman–Crippen LogP) is 6.18. The quantitative estimate of drug-likeness (QED) is 0.421. The molecular weight excluding hydrogens is 476 g/mol. The van der Waals surface area contributed by atoms with Crippen molar-refractivity contribution in [3.8, 4) is 28.7 Å². The molecule has 1 atom stereocenters. The lowest BCUT2D eigenvalue weighted by atomic mass is 9.92. The summed E-state index contributed by atoms with van der Waals surface area (Å²) in [5.74, 6) is 1.30. The molecule has 0 amide bonds. The van der Waals surface area contributed by atoms with Crippen molar-refractivity contribution >= 4 is 19.9 Å². The van der Waals surface area contributed by atoms with E-state index in [9.17, 15) is 9.90 Å². The minimum absolute atomic E-state index is 0.00606. The van der Waals surface area contributed by atoms with E-state index in [1.807, 2.05) is 30.3 Å². The Kier molecular flexibility index (Phi) is 7.98. The van der Waals surface area contributed by atoms with Gasteiger partial charge in [0.2, 0.25) is 5.75 Å². The van der Waals surface area contributed by atoms with E-state index in [0.717, 1.165) is 22.3 Å². The van der Waals surface area contributed by atoms with Crippen LogP contribution in [0.2, 0.25) is 18.1 Å². The van der Waals surface area contributed by atoms with E-state index in [2.05, 4.69) is 33.9 Å². The van der Waals surface area contributed by atoms with Gasteiger partial charge in [-0.05, 0) is 65.9 Å². The topological polar surface area (TPSA) is 83.5 Å². The monoisotopic (exact) mass is 514 g/mol. The molecule has 0 aromatic heterocycles. The highest BCUT2D eigenvalue weighted by molar-refractivity contribution is 6.74. The van der Waals surface area contributed by atoms with Crippen LogP contribution >= 0.6 is 0 Å². The first kappa shape index (κ1) is 27.5. The van der Waals surface area contributed by atoms with Gasteiger partial charge in [-0.25, -0.2) is 0 Å². The summed E-state index contributed by atoms with van der Waals surface area (Å²) >= 11 is 0. The Balaban J connectivity index is 2.28. The number of carbonyl (C=O) groups is 1. The fourth-order valence-corrected chi connectivity index (χ4v) is 5.19. The summed E-state index contributed by atoms with van der Waals surface area (Å²) in [6.07, 6.45) is 2.76. The molecule has 0 fully saturated rings. The highest BCUT2D eigenvalue weighted by Gasteiger charge is 2.39. The van der Waals surface area contributed by atoms with E-state index in [0.29, 0.717) is 41.6 Å². The van der Waals surface area contributed by atoms with Gasteiger partial charge in [-0.2, -0.15) is 0 Å². The lowest BCUT2D eigenvalue weighted by molar-refractivity contribution is -0.140. The maximum atomic E-state index is 12.1. The SMILES string of the molecule is COc1ccc(C2=CC(C(=O)O)CCc3c2cc(OC)c(OC)c3OC)cc1O[Si](C)(C)C(C)(C)C. The summed E-state index contributed by atoms with van der Waals surface area (Å²) in [4.78, 5) is 12.1. The van der Waals surface area contributed by atoms with Crippen LogP contribution in [-0.2, 0) is 11.2 Å². The van der Waals surface area contributed by atoms with E-state index >= 15 is 0 Å². The van der Waals surface area contributed by atoms with Crippen LogP contribution in [0.1, 0.15) is 43.9 Å². The minimum Gasteiger partial charge on any atom is -0.541 e. The van der Waals surface area contributed by atoms with E-state index in [-0.39, 0.29) is 5.04 Å². The largest absolute Gasteiger partial charge is 0.541 e. The molecule has 0 spiro atoms. The normalized spacial score (nSPS) is 15.8. The summed E-state index contributed by atoms with van der Waals surface area (Å²) in [7, 11) is 4.17. The van der Waals surface area contributed by atoms with Crippen LogP contribution in [0.5, 0.6) is 28.7 Å². The van der Waals surface area contributed by atoms with Crippen molar-refractivity contribution in [2.75, 3.05) is 28.4 Å². The van der Waals surface area contributed by atoms with Gasteiger partial charge in [0, 0.05) is 5.56 Å². The standard InChI is InChI=1S/C28H38O7Si/c1-28(2,3)36(8,9)35-23-15-17(11-13-22(23)31-4)20-14-18(27(29)30)10-12-19-21(20)16-24(32-5)26(34-7)25(19)33-6/h11,13-16,18H,10,12H2,1-9H3,(H,29,30). The average Bonchev–Trinajstić information content (AvgIpc) is 3.01. The van der Waals surface area contributed by atoms with Crippen LogP contribution in [0.15, 0.2) is 30.3 Å². The van der Waals surface area contributed by atoms with Crippen LogP contribution in [0.4, 0.5) is 0 Å². The Morgan fingerprint density at radius 1 is 0.917 bits per heavy atom. The fourth-order valence-electron chi connectivity index (χ4n) is 4.18. The molecule has 8 heteroatoms. The molecule has 0 aliphatic heterocycles. The van der Waals surface area contributed by atoms with Crippen LogP contribution < -0.4 is 23.4 Å². The van der Waals surface area contributed by atoms with Crippen LogP contribution in [0.25, 0.3) is 5.57 Å². The first-order valence-electron chi connectivity index (χ1n) is 12.0. The first-order valence-corrected chi connectivity index (χ1v) is 14.9. The van der Waals surface area contributed by atoms with Gasteiger partial charge >= 0.3 is 5.97 Å². The molecule has 0 heterocycles. The number of hydrogen-bond donors (Lipinski definition) is 1. The van der Waals surface area contributed by atoms with Gasteiger partial charge in [0.05, 0.1) is 34.4 Å². The first-order chi connectivity index (χ1) is 16.9. The summed E-state index contributed by atoms with van der Waals surface area (Å²) in [6, 6.07) is 7.64.